The Hall–Kier alpha value is -5.74. The average molecular weight is 905 g/mol. The van der Waals surface area contributed by atoms with Crippen LogP contribution in [-0.4, -0.2) is 78.1 Å². The summed E-state index contributed by atoms with van der Waals surface area (Å²) in [6, 6.07) is 24.6. The van der Waals surface area contributed by atoms with Gasteiger partial charge in [0.25, 0.3) is 15.9 Å². The van der Waals surface area contributed by atoms with Gasteiger partial charge in [-0.25, -0.2) is 22.3 Å². The molecule has 4 aromatic carbocycles. The molecule has 1 aliphatic rings. The number of hydrogen-bond donors (Lipinski definition) is 6. The van der Waals surface area contributed by atoms with Crippen molar-refractivity contribution in [3.8, 4) is 16.9 Å². The van der Waals surface area contributed by atoms with E-state index in [2.05, 4.69) is 33.8 Å². The summed E-state index contributed by atoms with van der Waals surface area (Å²) in [4.78, 5) is 35.2. The number of aliphatic carboxylic acids is 1. The van der Waals surface area contributed by atoms with Crippen LogP contribution in [0.4, 0.5) is 9.18 Å². The van der Waals surface area contributed by atoms with Crippen LogP contribution in [-0.2, 0) is 21.2 Å². The number of aliphatic hydroxyl groups is 2. The second-order valence-electron chi connectivity index (χ2n) is 15.6. The second kappa shape index (κ2) is 22.6. The van der Waals surface area contributed by atoms with Crippen LogP contribution in [0.3, 0.4) is 0 Å². The van der Waals surface area contributed by atoms with Crippen LogP contribution in [0.15, 0.2) is 102 Å². The van der Waals surface area contributed by atoms with E-state index < -0.39 is 40.7 Å². The van der Waals surface area contributed by atoms with Gasteiger partial charge >= 0.3 is 12.0 Å². The number of nitrogens with zero attached hydrogens (tertiary/aromatic N) is 1. The Morgan fingerprint density at radius 3 is 2.29 bits per heavy atom. The molecule has 0 bridgehead atoms. The molecule has 63 heavy (non-hydrogen) atoms. The van der Waals surface area contributed by atoms with Crippen LogP contribution in [0.2, 0.25) is 5.02 Å². The van der Waals surface area contributed by atoms with Crippen LogP contribution < -0.4 is 20.1 Å². The summed E-state index contributed by atoms with van der Waals surface area (Å²) in [6.45, 7) is 4.46. The number of methoxy groups -OCH3 is 1. The second-order valence-corrected chi connectivity index (χ2v) is 17.7. The fourth-order valence-electron chi connectivity index (χ4n) is 7.52. The molecule has 0 spiro atoms. The zero-order valence-corrected chi connectivity index (χ0v) is 37.0. The molecule has 1 heterocycles. The first kappa shape index (κ1) is 48.3. The number of aromatic nitrogens is 1. The van der Waals surface area contributed by atoms with E-state index in [-0.39, 0.29) is 35.1 Å². The van der Waals surface area contributed by atoms with E-state index in [1.807, 2.05) is 24.3 Å². The van der Waals surface area contributed by atoms with Crippen molar-refractivity contribution in [2.24, 2.45) is 0 Å². The molecule has 6 N–H and O–H groups in total. The lowest BCUT2D eigenvalue weighted by Gasteiger charge is -2.22. The Balaban J connectivity index is 0.000000239. The zero-order chi connectivity index (χ0) is 45.7. The smallest absolute Gasteiger partial charge is 0.328 e. The quantitative estimate of drug-likeness (QED) is 0.0565. The number of fused-ring (bicyclic) bond motifs is 1. The largest absolute Gasteiger partial charge is 0.496 e. The summed E-state index contributed by atoms with van der Waals surface area (Å²) in [7, 11) is -2.49. The number of urea groups is 1. The minimum Gasteiger partial charge on any atom is -0.496 e. The van der Waals surface area contributed by atoms with Crippen LogP contribution in [0.25, 0.3) is 28.1 Å². The van der Waals surface area contributed by atoms with Gasteiger partial charge in [-0.1, -0.05) is 79.4 Å². The summed E-state index contributed by atoms with van der Waals surface area (Å²) in [5, 5.41) is 35.8. The number of benzene rings is 4. The van der Waals surface area contributed by atoms with Gasteiger partial charge in [0.05, 0.1) is 36.2 Å². The predicted octanol–water partition coefficient (Wildman–Crippen LogP) is 8.27. The number of ether oxygens (including phenoxy) is 1. The lowest BCUT2D eigenvalue weighted by atomic mass is 9.96. The van der Waals surface area contributed by atoms with E-state index in [0.717, 1.165) is 65.4 Å². The zero-order valence-electron chi connectivity index (χ0n) is 35.4. The van der Waals surface area contributed by atoms with Crippen molar-refractivity contribution < 1.29 is 47.2 Å². The molecule has 1 fully saturated rings. The number of carbonyl (C=O) groups is 3. The fourth-order valence-corrected chi connectivity index (χ4v) is 8.61. The summed E-state index contributed by atoms with van der Waals surface area (Å²) in [5.74, 6) is -1.32. The third kappa shape index (κ3) is 13.6. The predicted molar refractivity (Wildman–Crippen MR) is 242 cm³/mol. The Labute approximate surface area is 372 Å². The van der Waals surface area contributed by atoms with E-state index in [1.54, 1.807) is 48.6 Å². The number of carboxylic acids is 1. The molecule has 1 aliphatic carbocycles. The summed E-state index contributed by atoms with van der Waals surface area (Å²) in [6.07, 6.45) is 6.16. The van der Waals surface area contributed by atoms with Crippen molar-refractivity contribution in [1.82, 2.24) is 19.9 Å². The molecule has 6 rings (SSSR count). The number of rotatable bonds is 16. The molecule has 336 valence electrons. The number of hydrogen-bond acceptors (Lipinski definition) is 8. The first-order chi connectivity index (χ1) is 30.1. The molecule has 16 heteroatoms. The van der Waals surface area contributed by atoms with Gasteiger partial charge in [0.15, 0.2) is 0 Å². The van der Waals surface area contributed by atoms with Gasteiger partial charge in [0.1, 0.15) is 11.6 Å². The van der Waals surface area contributed by atoms with Crippen molar-refractivity contribution in [1.29, 1.82) is 0 Å². The number of carbonyl (C=O) groups excluding carboxylic acids is 2. The third-order valence-electron chi connectivity index (χ3n) is 10.5. The number of sulfonamides is 1. The molecule has 1 saturated carbocycles. The van der Waals surface area contributed by atoms with Gasteiger partial charge in [-0.05, 0) is 98.8 Å². The fraction of sp³-hybridized carbons (Fsp3) is 0.340. The standard InChI is InChI=1S/C24H26FNO4.C23H28ClN3O5S/c1-15(2)26-21-6-4-3-5-20(21)24(16-7-9-17(25)10-8-16)22(26)12-11-18(27)13-19(28)14-23(29)30;1-32-21-12-9-17(24)15-20(21)22(28)25-14-13-16-7-10-19(11-8-16)33(30,31)27-23(29)26-18-5-3-2-4-6-18/h3-12,15,18-19,27-28H,13-14H2,1-2H3,(H,29,30);7-12,15,18H,2-6,13-14H2,1H3,(H,25,28)(H2,26,27,29)/b12-11+;/t18-,19-;/m0./s1. The number of halogens is 2. The lowest BCUT2D eigenvalue weighted by Crippen LogP contribution is -2.45. The number of para-hydroxylation sites is 1. The summed E-state index contributed by atoms with van der Waals surface area (Å²) < 4.78 is 47.9. The van der Waals surface area contributed by atoms with Crippen LogP contribution >= 0.6 is 11.6 Å². The van der Waals surface area contributed by atoms with E-state index in [0.29, 0.717) is 29.3 Å². The van der Waals surface area contributed by atoms with Crippen molar-refractivity contribution in [3.05, 3.63) is 125 Å². The SMILES string of the molecule is CC(C)n1c(/C=C/[C@H](O)C[C@H](O)CC(=O)O)c(-c2ccc(F)cc2)c2ccccc21.COc1ccc(Cl)cc1C(=O)NCCc1ccc(S(=O)(=O)NC(=O)NC2CCCCC2)cc1. The molecule has 13 nitrogen and oxygen atoms in total. The van der Waals surface area contributed by atoms with Gasteiger partial charge in [-0.3, -0.25) is 9.59 Å². The maximum Gasteiger partial charge on any atom is 0.328 e. The molecule has 3 amide bonds. The van der Waals surface area contributed by atoms with E-state index in [9.17, 15) is 37.4 Å². The first-order valence-electron chi connectivity index (χ1n) is 20.7. The van der Waals surface area contributed by atoms with Gasteiger partial charge in [-0.15, -0.1) is 0 Å². The van der Waals surface area contributed by atoms with Gasteiger partial charge in [0, 0.05) is 52.2 Å². The molecule has 5 aromatic rings. The van der Waals surface area contributed by atoms with Crippen LogP contribution in [0, 0.1) is 5.82 Å². The molecular formula is C47H54ClFN4O9S. The maximum absolute atomic E-state index is 13.5. The molecule has 0 unspecified atom stereocenters. The van der Waals surface area contributed by atoms with Crippen molar-refractivity contribution in [3.63, 3.8) is 0 Å². The monoisotopic (exact) mass is 904 g/mol. The van der Waals surface area contributed by atoms with Crippen molar-refractivity contribution in [2.45, 2.75) is 94.4 Å². The highest BCUT2D eigenvalue weighted by Crippen LogP contribution is 2.38. The summed E-state index contributed by atoms with van der Waals surface area (Å²) in [5.41, 5.74) is 4.82. The lowest BCUT2D eigenvalue weighted by molar-refractivity contribution is -0.139. The first-order valence-corrected chi connectivity index (χ1v) is 22.6. The molecule has 0 aliphatic heterocycles. The average Bonchev–Trinajstić information content (AvgIpc) is 3.58. The Bertz CT molecular complexity index is 2490. The topological polar surface area (TPSA) is 196 Å². The number of amides is 3. The molecule has 0 radical (unpaired) electrons. The molecule has 1 aromatic heterocycles. The van der Waals surface area contributed by atoms with Crippen LogP contribution in [0.1, 0.15) is 86.5 Å². The Morgan fingerprint density at radius 1 is 0.952 bits per heavy atom. The highest BCUT2D eigenvalue weighted by molar-refractivity contribution is 7.90. The van der Waals surface area contributed by atoms with E-state index >= 15 is 0 Å². The maximum atomic E-state index is 13.5. The minimum atomic E-state index is -3.97. The number of carboxylic acid groups (broad SMARTS) is 1. The molecular weight excluding hydrogens is 851 g/mol. The number of aliphatic hydroxyl groups excluding tert-OH is 2. The highest BCUT2D eigenvalue weighted by Gasteiger charge is 2.22. The van der Waals surface area contributed by atoms with E-state index in [4.69, 9.17) is 21.4 Å². The normalized spacial score (nSPS) is 14.2. The number of nitrogens with one attached hydrogen (secondary N) is 3. The van der Waals surface area contributed by atoms with Gasteiger partial charge < -0.3 is 35.3 Å². The minimum absolute atomic E-state index is 0.00209. The molecule has 0 saturated heterocycles. The third-order valence-corrected chi connectivity index (χ3v) is 12.1. The Morgan fingerprint density at radius 2 is 1.63 bits per heavy atom. The van der Waals surface area contributed by atoms with Crippen LogP contribution in [0.5, 0.6) is 5.75 Å². The van der Waals surface area contributed by atoms with Crippen molar-refractivity contribution in [2.75, 3.05) is 13.7 Å². The van der Waals surface area contributed by atoms with Gasteiger partial charge in [0.2, 0.25) is 0 Å². The van der Waals surface area contributed by atoms with Gasteiger partial charge in [-0.2, -0.15) is 0 Å². The molecule has 2 atom stereocenters. The highest BCUT2D eigenvalue weighted by atomic mass is 35.5. The van der Waals surface area contributed by atoms with E-state index in [1.165, 1.54) is 37.4 Å². The Kier molecular flexibility index (Phi) is 17.3. The summed E-state index contributed by atoms with van der Waals surface area (Å²) >= 11 is 5.96. The van der Waals surface area contributed by atoms with Crippen molar-refractivity contribution >= 4 is 56.5 Å².